The number of tetrazole rings is 1. The van der Waals surface area contributed by atoms with Crippen LogP contribution in [-0.4, -0.2) is 36.3 Å². The van der Waals surface area contributed by atoms with Crippen molar-refractivity contribution in [2.45, 2.75) is 25.8 Å². The molecule has 1 unspecified atom stereocenters. The van der Waals surface area contributed by atoms with E-state index >= 15 is 0 Å². The number of hydrogen-bond acceptors (Lipinski definition) is 5. The van der Waals surface area contributed by atoms with Crippen LogP contribution < -0.4 is 0 Å². The highest BCUT2D eigenvalue weighted by Crippen LogP contribution is 2.20. The summed E-state index contributed by atoms with van der Waals surface area (Å²) in [5.74, 6) is -0.571. The SMILES string of the molecule is CCCC(C(=O)O)n1nnnc1-c1ccccn1. The van der Waals surface area contributed by atoms with Gasteiger partial charge in [0.05, 0.1) is 0 Å². The molecule has 0 aliphatic heterocycles. The van der Waals surface area contributed by atoms with Crippen LogP contribution in [0, 0.1) is 0 Å². The van der Waals surface area contributed by atoms with Crippen LogP contribution >= 0.6 is 0 Å². The number of nitrogens with zero attached hydrogens (tertiary/aromatic N) is 5. The first-order valence-corrected chi connectivity index (χ1v) is 5.66. The Hall–Kier alpha value is -2.31. The maximum Gasteiger partial charge on any atom is 0.328 e. The molecule has 0 radical (unpaired) electrons. The van der Waals surface area contributed by atoms with E-state index in [0.29, 0.717) is 17.9 Å². The van der Waals surface area contributed by atoms with Crippen molar-refractivity contribution in [2.75, 3.05) is 0 Å². The van der Waals surface area contributed by atoms with E-state index in [1.54, 1.807) is 24.4 Å². The molecule has 0 spiro atoms. The lowest BCUT2D eigenvalue weighted by molar-refractivity contribution is -0.141. The highest BCUT2D eigenvalue weighted by atomic mass is 16.4. The number of pyridine rings is 1. The van der Waals surface area contributed by atoms with E-state index in [9.17, 15) is 9.90 Å². The predicted octanol–water partition coefficient (Wildman–Crippen LogP) is 1.16. The van der Waals surface area contributed by atoms with Crippen molar-refractivity contribution in [1.29, 1.82) is 0 Å². The fourth-order valence-electron chi connectivity index (χ4n) is 1.69. The van der Waals surface area contributed by atoms with Crippen LogP contribution in [0.4, 0.5) is 0 Å². The van der Waals surface area contributed by atoms with E-state index in [1.165, 1.54) is 4.68 Å². The maximum absolute atomic E-state index is 11.2. The van der Waals surface area contributed by atoms with Crippen molar-refractivity contribution >= 4 is 5.97 Å². The van der Waals surface area contributed by atoms with Crippen LogP contribution in [0.15, 0.2) is 24.4 Å². The molecule has 0 aromatic carbocycles. The minimum absolute atomic E-state index is 0.372. The summed E-state index contributed by atoms with van der Waals surface area (Å²) < 4.78 is 1.31. The van der Waals surface area contributed by atoms with Crippen molar-refractivity contribution in [3.05, 3.63) is 24.4 Å². The molecule has 1 atom stereocenters. The third kappa shape index (κ3) is 2.34. The first-order valence-electron chi connectivity index (χ1n) is 5.66. The van der Waals surface area contributed by atoms with Crippen molar-refractivity contribution < 1.29 is 9.90 Å². The van der Waals surface area contributed by atoms with Gasteiger partial charge in [-0.05, 0) is 29.0 Å². The second kappa shape index (κ2) is 5.35. The summed E-state index contributed by atoms with van der Waals surface area (Å²) in [5.41, 5.74) is 0.560. The molecule has 0 saturated heterocycles. The quantitative estimate of drug-likeness (QED) is 0.852. The molecule has 0 bridgehead atoms. The van der Waals surface area contributed by atoms with Gasteiger partial charge in [-0.2, -0.15) is 0 Å². The highest BCUT2D eigenvalue weighted by Gasteiger charge is 2.24. The number of carboxylic acids is 1. The zero-order valence-corrected chi connectivity index (χ0v) is 9.89. The van der Waals surface area contributed by atoms with Crippen LogP contribution in [0.3, 0.4) is 0 Å². The molecule has 1 N–H and O–H groups in total. The van der Waals surface area contributed by atoms with E-state index in [2.05, 4.69) is 20.5 Å². The minimum atomic E-state index is -0.943. The average Bonchev–Trinajstić information content (AvgIpc) is 2.85. The second-order valence-corrected chi connectivity index (χ2v) is 3.80. The minimum Gasteiger partial charge on any atom is -0.480 e. The first kappa shape index (κ1) is 12.2. The second-order valence-electron chi connectivity index (χ2n) is 3.80. The molecular formula is C11H13N5O2. The van der Waals surface area contributed by atoms with Gasteiger partial charge in [0.1, 0.15) is 5.69 Å². The smallest absolute Gasteiger partial charge is 0.328 e. The number of rotatable bonds is 5. The lowest BCUT2D eigenvalue weighted by Crippen LogP contribution is -2.21. The van der Waals surface area contributed by atoms with Crippen LogP contribution in [0.25, 0.3) is 11.5 Å². The van der Waals surface area contributed by atoms with Crippen molar-refractivity contribution in [1.82, 2.24) is 25.2 Å². The molecule has 7 nitrogen and oxygen atoms in total. The lowest BCUT2D eigenvalue weighted by atomic mass is 10.1. The number of aliphatic carboxylic acids is 1. The van der Waals surface area contributed by atoms with E-state index in [4.69, 9.17) is 0 Å². The van der Waals surface area contributed by atoms with Crippen molar-refractivity contribution in [3.63, 3.8) is 0 Å². The molecule has 0 aliphatic rings. The Morgan fingerprint density at radius 1 is 1.50 bits per heavy atom. The molecule has 0 aliphatic carbocycles. The monoisotopic (exact) mass is 247 g/mol. The van der Waals surface area contributed by atoms with Crippen LogP contribution in [0.1, 0.15) is 25.8 Å². The largest absolute Gasteiger partial charge is 0.480 e. The predicted molar refractivity (Wildman–Crippen MR) is 62.6 cm³/mol. The molecule has 2 aromatic rings. The Kier molecular flexibility index (Phi) is 3.61. The van der Waals surface area contributed by atoms with Gasteiger partial charge in [-0.15, -0.1) is 5.10 Å². The van der Waals surface area contributed by atoms with Crippen LogP contribution in [-0.2, 0) is 4.79 Å². The van der Waals surface area contributed by atoms with Crippen LogP contribution in [0.5, 0.6) is 0 Å². The Balaban J connectivity index is 2.41. The van der Waals surface area contributed by atoms with Gasteiger partial charge in [-0.25, -0.2) is 9.48 Å². The fourth-order valence-corrected chi connectivity index (χ4v) is 1.69. The summed E-state index contributed by atoms with van der Waals surface area (Å²) >= 11 is 0. The van der Waals surface area contributed by atoms with Gasteiger partial charge in [0.2, 0.25) is 5.82 Å². The number of hydrogen-bond donors (Lipinski definition) is 1. The molecule has 94 valence electrons. The number of carbonyl (C=O) groups is 1. The van der Waals surface area contributed by atoms with Crippen LogP contribution in [0.2, 0.25) is 0 Å². The summed E-state index contributed by atoms with van der Waals surface area (Å²) in [4.78, 5) is 15.4. The normalized spacial score (nSPS) is 12.3. The van der Waals surface area contributed by atoms with E-state index in [1.807, 2.05) is 6.92 Å². The third-order valence-corrected chi connectivity index (χ3v) is 2.53. The third-order valence-electron chi connectivity index (χ3n) is 2.53. The first-order chi connectivity index (χ1) is 8.74. The highest BCUT2D eigenvalue weighted by molar-refractivity contribution is 5.72. The van der Waals surface area contributed by atoms with Gasteiger partial charge in [0.25, 0.3) is 0 Å². The van der Waals surface area contributed by atoms with Gasteiger partial charge >= 0.3 is 5.97 Å². The molecule has 7 heteroatoms. The maximum atomic E-state index is 11.2. The molecule has 2 aromatic heterocycles. The summed E-state index contributed by atoms with van der Waals surface area (Å²) in [6.45, 7) is 1.92. The van der Waals surface area contributed by atoms with E-state index in [0.717, 1.165) is 6.42 Å². The molecule has 0 fully saturated rings. The Morgan fingerprint density at radius 2 is 2.33 bits per heavy atom. The lowest BCUT2D eigenvalue weighted by Gasteiger charge is -2.12. The summed E-state index contributed by atoms with van der Waals surface area (Å²) in [5, 5.41) is 20.4. The van der Waals surface area contributed by atoms with Gasteiger partial charge in [0.15, 0.2) is 6.04 Å². The molecule has 2 heterocycles. The molecule has 0 saturated carbocycles. The van der Waals surface area contributed by atoms with Gasteiger partial charge in [-0.3, -0.25) is 4.98 Å². The average molecular weight is 247 g/mol. The molecular weight excluding hydrogens is 234 g/mol. The summed E-state index contributed by atoms with van der Waals surface area (Å²) in [7, 11) is 0. The van der Waals surface area contributed by atoms with Crippen molar-refractivity contribution in [2.24, 2.45) is 0 Å². The topological polar surface area (TPSA) is 93.8 Å². The van der Waals surface area contributed by atoms with Gasteiger partial charge in [-0.1, -0.05) is 19.4 Å². The van der Waals surface area contributed by atoms with Gasteiger partial charge < -0.3 is 5.11 Å². The Labute approximate surface area is 103 Å². The summed E-state index contributed by atoms with van der Waals surface area (Å²) in [6, 6.07) is 4.56. The zero-order chi connectivity index (χ0) is 13.0. The number of aromatic nitrogens is 5. The van der Waals surface area contributed by atoms with E-state index < -0.39 is 12.0 Å². The molecule has 0 amide bonds. The van der Waals surface area contributed by atoms with E-state index in [-0.39, 0.29) is 0 Å². The molecule has 18 heavy (non-hydrogen) atoms. The standard InChI is InChI=1S/C11H13N5O2/c1-2-5-9(11(17)18)16-10(13-14-15-16)8-6-3-4-7-12-8/h3-4,6-7,9H,2,5H2,1H3,(H,17,18). The zero-order valence-electron chi connectivity index (χ0n) is 9.89. The fraction of sp³-hybridized carbons (Fsp3) is 0.364. The van der Waals surface area contributed by atoms with Crippen molar-refractivity contribution in [3.8, 4) is 11.5 Å². The molecule has 2 rings (SSSR count). The Morgan fingerprint density at radius 3 is 2.94 bits per heavy atom. The number of carboxylic acid groups (broad SMARTS) is 1. The summed E-state index contributed by atoms with van der Waals surface area (Å²) in [6.07, 6.45) is 2.82. The van der Waals surface area contributed by atoms with Gasteiger partial charge in [0, 0.05) is 6.20 Å². The Bertz CT molecular complexity index is 525.